The summed E-state index contributed by atoms with van der Waals surface area (Å²) in [6, 6.07) is -0.849. The van der Waals surface area contributed by atoms with Crippen molar-refractivity contribution < 1.29 is 29.0 Å². The number of ether oxygens (including phenoxy) is 2. The topological polar surface area (TPSA) is 93.1 Å². The van der Waals surface area contributed by atoms with E-state index in [0.717, 1.165) is 0 Å². The first-order chi connectivity index (χ1) is 12.4. The summed E-state index contributed by atoms with van der Waals surface area (Å²) >= 11 is 0. The van der Waals surface area contributed by atoms with Gasteiger partial charge >= 0.3 is 11.9 Å². The highest BCUT2D eigenvalue weighted by Gasteiger charge is 2.69. The van der Waals surface area contributed by atoms with E-state index in [1.165, 1.54) is 4.90 Å². The molecular weight excluding hydrogens is 350 g/mol. The Balaban J connectivity index is 2.12. The molecule has 2 rings (SSSR count). The summed E-state index contributed by atoms with van der Waals surface area (Å²) in [4.78, 5) is 38.5. The summed E-state index contributed by atoms with van der Waals surface area (Å²) in [5.41, 5.74) is -0.727. The van der Waals surface area contributed by atoms with Crippen LogP contribution in [-0.2, 0) is 23.9 Å². The second-order valence-corrected chi connectivity index (χ2v) is 9.04. The van der Waals surface area contributed by atoms with Crippen LogP contribution in [0.2, 0.25) is 0 Å². The van der Waals surface area contributed by atoms with Crippen LogP contribution in [0.1, 0.15) is 41.0 Å². The Morgan fingerprint density at radius 2 is 1.96 bits per heavy atom. The highest BCUT2D eigenvalue weighted by molar-refractivity contribution is 5.89. The normalized spacial score (nSPS) is 26.9. The van der Waals surface area contributed by atoms with E-state index in [9.17, 15) is 19.5 Å². The molecular formula is C20H31NO6. The molecule has 0 aromatic heterocycles. The smallest absolute Gasteiger partial charge is 0.326 e. The molecule has 1 aliphatic carbocycles. The van der Waals surface area contributed by atoms with Gasteiger partial charge in [-0.1, -0.05) is 19.9 Å². The van der Waals surface area contributed by atoms with Crippen molar-refractivity contribution in [1.82, 2.24) is 4.90 Å². The Morgan fingerprint density at radius 1 is 1.33 bits per heavy atom. The molecule has 0 aromatic rings. The fourth-order valence-corrected chi connectivity index (χ4v) is 4.13. The van der Waals surface area contributed by atoms with Crippen molar-refractivity contribution in [1.29, 1.82) is 0 Å². The number of hydrogen-bond donors (Lipinski definition) is 1. The van der Waals surface area contributed by atoms with E-state index < -0.39 is 29.5 Å². The summed E-state index contributed by atoms with van der Waals surface area (Å²) in [5, 5.41) is 9.66. The molecule has 1 aliphatic heterocycles. The van der Waals surface area contributed by atoms with Gasteiger partial charge in [0.15, 0.2) is 0 Å². The number of likely N-dealkylation sites (tertiary alicyclic amines) is 1. The van der Waals surface area contributed by atoms with Crippen LogP contribution in [0.5, 0.6) is 0 Å². The van der Waals surface area contributed by atoms with Crippen LogP contribution in [0.25, 0.3) is 0 Å². The SMILES string of the molecule is C=CCOC[C@H](CC(=O)OC(C)(C)C)C(=O)N1C[C@H]2[C@@H]([C@H]1C(=O)O)C2(C)C. The monoisotopic (exact) mass is 381 g/mol. The Hall–Kier alpha value is -1.89. The number of nitrogens with zero attached hydrogens (tertiary/aromatic N) is 1. The number of piperidine rings is 1. The number of hydrogen-bond acceptors (Lipinski definition) is 5. The average molecular weight is 381 g/mol. The standard InChI is InChI=1S/C20H31NO6/c1-7-8-26-11-12(9-14(22)27-19(2,3)4)17(23)21-10-13-15(20(13,5)6)16(21)18(24)25/h7,12-13,15-16H,1,8-11H2,2-6H3,(H,24,25)/t12-,13-,15-,16-/m0/s1. The zero-order valence-corrected chi connectivity index (χ0v) is 16.9. The maximum absolute atomic E-state index is 13.1. The Bertz CT molecular complexity index is 620. The van der Waals surface area contributed by atoms with Crippen molar-refractivity contribution in [2.45, 2.75) is 52.7 Å². The molecule has 7 heteroatoms. The van der Waals surface area contributed by atoms with Gasteiger partial charge in [0, 0.05) is 12.5 Å². The predicted molar refractivity (Wildman–Crippen MR) is 98.9 cm³/mol. The van der Waals surface area contributed by atoms with E-state index in [1.807, 2.05) is 13.8 Å². The van der Waals surface area contributed by atoms with Crippen molar-refractivity contribution in [3.63, 3.8) is 0 Å². The zero-order valence-electron chi connectivity index (χ0n) is 16.9. The van der Waals surface area contributed by atoms with Crippen molar-refractivity contribution in [3.8, 4) is 0 Å². The molecule has 2 fully saturated rings. The minimum Gasteiger partial charge on any atom is -0.480 e. The number of carbonyl (C=O) groups excluding carboxylic acids is 2. The first kappa shape index (κ1) is 21.4. The lowest BCUT2D eigenvalue weighted by atomic mass is 9.98. The molecule has 1 heterocycles. The summed E-state index contributed by atoms with van der Waals surface area (Å²) in [6.07, 6.45) is 1.41. The van der Waals surface area contributed by atoms with Gasteiger partial charge in [0.2, 0.25) is 5.91 Å². The minimum absolute atomic E-state index is 0.0195. The molecule has 0 spiro atoms. The highest BCUT2D eigenvalue weighted by atomic mass is 16.6. The molecule has 0 unspecified atom stereocenters. The van der Waals surface area contributed by atoms with E-state index >= 15 is 0 Å². The van der Waals surface area contributed by atoms with Crippen LogP contribution in [0.4, 0.5) is 0 Å². The molecule has 4 atom stereocenters. The van der Waals surface area contributed by atoms with Crippen molar-refractivity contribution in [3.05, 3.63) is 12.7 Å². The third-order valence-corrected chi connectivity index (χ3v) is 5.48. The Kier molecular flexibility index (Phi) is 6.04. The number of aliphatic carboxylic acids is 1. The highest BCUT2D eigenvalue weighted by Crippen LogP contribution is 2.65. The van der Waals surface area contributed by atoms with Gasteiger partial charge in [0.25, 0.3) is 0 Å². The summed E-state index contributed by atoms with van der Waals surface area (Å²) in [6.45, 7) is 13.6. The van der Waals surface area contributed by atoms with Gasteiger partial charge in [0.1, 0.15) is 11.6 Å². The van der Waals surface area contributed by atoms with E-state index in [1.54, 1.807) is 26.8 Å². The van der Waals surface area contributed by atoms with Crippen molar-refractivity contribution in [2.24, 2.45) is 23.2 Å². The average Bonchev–Trinajstić information content (AvgIpc) is 2.90. The first-order valence-corrected chi connectivity index (χ1v) is 9.34. The van der Waals surface area contributed by atoms with Crippen LogP contribution in [0, 0.1) is 23.2 Å². The fraction of sp³-hybridized carbons (Fsp3) is 0.750. The molecule has 27 heavy (non-hydrogen) atoms. The quantitative estimate of drug-likeness (QED) is 0.393. The van der Waals surface area contributed by atoms with Crippen LogP contribution >= 0.6 is 0 Å². The summed E-state index contributed by atoms with van der Waals surface area (Å²) < 4.78 is 10.7. The molecule has 1 saturated heterocycles. The Labute approximate surface area is 160 Å². The van der Waals surface area contributed by atoms with Crippen molar-refractivity contribution in [2.75, 3.05) is 19.8 Å². The van der Waals surface area contributed by atoms with Crippen molar-refractivity contribution >= 4 is 17.8 Å². The molecule has 1 saturated carbocycles. The van der Waals surface area contributed by atoms with Gasteiger partial charge in [-0.2, -0.15) is 0 Å². The molecule has 7 nitrogen and oxygen atoms in total. The van der Waals surface area contributed by atoms with Crippen LogP contribution in [0.3, 0.4) is 0 Å². The van der Waals surface area contributed by atoms with E-state index in [4.69, 9.17) is 9.47 Å². The van der Waals surface area contributed by atoms with Crippen LogP contribution in [0.15, 0.2) is 12.7 Å². The largest absolute Gasteiger partial charge is 0.480 e. The van der Waals surface area contributed by atoms with Gasteiger partial charge < -0.3 is 19.5 Å². The molecule has 2 aliphatic rings. The lowest BCUT2D eigenvalue weighted by Gasteiger charge is -2.31. The third kappa shape index (κ3) is 4.69. The van der Waals surface area contributed by atoms with Gasteiger partial charge in [-0.15, -0.1) is 6.58 Å². The Morgan fingerprint density at radius 3 is 2.48 bits per heavy atom. The zero-order chi connectivity index (χ0) is 20.6. The summed E-state index contributed by atoms with van der Waals surface area (Å²) in [5.74, 6) is -2.50. The number of rotatable bonds is 8. The molecule has 152 valence electrons. The lowest BCUT2D eigenvalue weighted by Crippen LogP contribution is -2.49. The number of carboxylic acids is 1. The molecule has 1 N–H and O–H groups in total. The number of fused-ring (bicyclic) bond motifs is 1. The lowest BCUT2D eigenvalue weighted by molar-refractivity contribution is -0.161. The van der Waals surface area contributed by atoms with Gasteiger partial charge in [-0.05, 0) is 32.1 Å². The van der Waals surface area contributed by atoms with E-state index in [0.29, 0.717) is 6.54 Å². The van der Waals surface area contributed by atoms with Gasteiger partial charge in [-0.25, -0.2) is 4.79 Å². The third-order valence-electron chi connectivity index (χ3n) is 5.48. The fourth-order valence-electron chi connectivity index (χ4n) is 4.13. The predicted octanol–water partition coefficient (Wildman–Crippen LogP) is 2.10. The number of esters is 1. The first-order valence-electron chi connectivity index (χ1n) is 9.34. The van der Waals surface area contributed by atoms with Crippen LogP contribution in [-0.4, -0.2) is 59.3 Å². The maximum Gasteiger partial charge on any atom is 0.326 e. The van der Waals surface area contributed by atoms with Gasteiger partial charge in [0.05, 0.1) is 25.6 Å². The maximum atomic E-state index is 13.1. The van der Waals surface area contributed by atoms with Gasteiger partial charge in [-0.3, -0.25) is 9.59 Å². The molecule has 1 amide bonds. The number of carboxylic acid groups (broad SMARTS) is 1. The number of carbonyl (C=O) groups is 3. The molecule has 0 aromatic carbocycles. The van der Waals surface area contributed by atoms with E-state index in [-0.39, 0.29) is 42.8 Å². The molecule has 0 bridgehead atoms. The van der Waals surface area contributed by atoms with Crippen LogP contribution < -0.4 is 0 Å². The van der Waals surface area contributed by atoms with E-state index in [2.05, 4.69) is 6.58 Å². The second-order valence-electron chi connectivity index (χ2n) is 9.04. The summed E-state index contributed by atoms with van der Waals surface area (Å²) in [7, 11) is 0. The number of amides is 1. The second kappa shape index (κ2) is 7.62. The molecule has 0 radical (unpaired) electrons. The minimum atomic E-state index is -0.996.